The molecule has 0 fully saturated rings. The van der Waals surface area contributed by atoms with Crippen molar-refractivity contribution in [2.75, 3.05) is 13.2 Å². The maximum absolute atomic E-state index is 12.0. The molecule has 0 aliphatic rings. The number of hydrogen-bond acceptors (Lipinski definition) is 7. The summed E-state index contributed by atoms with van der Waals surface area (Å²) >= 11 is 0. The van der Waals surface area contributed by atoms with Gasteiger partial charge in [0, 0.05) is 0 Å². The lowest BCUT2D eigenvalue weighted by Gasteiger charge is -2.21. The molecule has 9 N–H and O–H groups in total. The van der Waals surface area contributed by atoms with Gasteiger partial charge in [0.1, 0.15) is 18.1 Å². The Hall–Kier alpha value is -2.73. The minimum atomic E-state index is -1.61. The van der Waals surface area contributed by atoms with Crippen molar-refractivity contribution in [3.8, 4) is 0 Å². The third-order valence-electron chi connectivity index (χ3n) is 2.79. The number of primary amides is 1. The minimum absolute atomic E-state index is 0.348. The summed E-state index contributed by atoms with van der Waals surface area (Å²) in [5.41, 5.74) is 10.1. The Morgan fingerprint density at radius 3 is 1.96 bits per heavy atom. The Bertz CT molecular complexity index is 510. The van der Waals surface area contributed by atoms with Crippen molar-refractivity contribution in [2.45, 2.75) is 31.5 Å². The number of carboxylic acids is 1. The van der Waals surface area contributed by atoms with Crippen molar-refractivity contribution in [2.24, 2.45) is 11.5 Å². The first-order valence-electron chi connectivity index (χ1n) is 6.84. The number of hydrogen-bond donors (Lipinski definition) is 7. The second-order valence-corrected chi connectivity index (χ2v) is 4.81. The first-order chi connectivity index (χ1) is 11.1. The van der Waals surface area contributed by atoms with E-state index in [9.17, 15) is 24.0 Å². The molecule has 0 aliphatic carbocycles. The van der Waals surface area contributed by atoms with E-state index in [4.69, 9.17) is 21.7 Å². The number of aliphatic hydroxyl groups excluding tert-OH is 1. The summed E-state index contributed by atoms with van der Waals surface area (Å²) in [4.78, 5) is 56.8. The molecule has 0 saturated heterocycles. The molecule has 0 aromatic rings. The number of rotatable bonds is 10. The Balaban J connectivity index is 4.96. The van der Waals surface area contributed by atoms with Crippen LogP contribution in [0.3, 0.4) is 0 Å². The number of carbonyl (C=O) groups is 5. The standard InChI is InChI=1S/C12H21N5O7/c1-5(15-9(20)3-13)10(21)16-6(2-8(14)19)11(22)17-7(4-18)12(23)24/h5-7,18H,2-4,13H2,1H3,(H2,14,19)(H,15,20)(H,16,21)(H,17,22)(H,23,24). The van der Waals surface area contributed by atoms with E-state index in [1.165, 1.54) is 6.92 Å². The second-order valence-electron chi connectivity index (χ2n) is 4.81. The number of nitrogens with two attached hydrogens (primary N) is 2. The van der Waals surface area contributed by atoms with Gasteiger partial charge in [0.25, 0.3) is 0 Å². The summed E-state index contributed by atoms with van der Waals surface area (Å²) in [5.74, 6) is -4.88. The highest BCUT2D eigenvalue weighted by Gasteiger charge is 2.28. The van der Waals surface area contributed by atoms with E-state index < -0.39 is 60.8 Å². The van der Waals surface area contributed by atoms with Crippen LogP contribution in [-0.4, -0.2) is 71.1 Å². The van der Waals surface area contributed by atoms with E-state index in [1.807, 2.05) is 5.32 Å². The maximum Gasteiger partial charge on any atom is 0.328 e. The van der Waals surface area contributed by atoms with E-state index in [1.54, 1.807) is 0 Å². The van der Waals surface area contributed by atoms with E-state index in [-0.39, 0.29) is 6.54 Å². The molecule has 0 bridgehead atoms. The molecule has 3 unspecified atom stereocenters. The van der Waals surface area contributed by atoms with E-state index in [0.29, 0.717) is 0 Å². The monoisotopic (exact) mass is 347 g/mol. The van der Waals surface area contributed by atoms with Gasteiger partial charge in [-0.2, -0.15) is 0 Å². The van der Waals surface area contributed by atoms with Crippen molar-refractivity contribution in [1.82, 2.24) is 16.0 Å². The number of amides is 4. The van der Waals surface area contributed by atoms with Gasteiger partial charge in [-0.05, 0) is 6.92 Å². The van der Waals surface area contributed by atoms with Gasteiger partial charge in [-0.1, -0.05) is 0 Å². The second kappa shape index (κ2) is 10.1. The molecule has 4 amide bonds. The third kappa shape index (κ3) is 7.51. The summed E-state index contributed by atoms with van der Waals surface area (Å²) < 4.78 is 0. The molecule has 24 heavy (non-hydrogen) atoms. The lowest BCUT2D eigenvalue weighted by atomic mass is 10.1. The quantitative estimate of drug-likeness (QED) is 0.203. The van der Waals surface area contributed by atoms with Crippen molar-refractivity contribution < 1.29 is 34.2 Å². The molecule has 0 aliphatic heterocycles. The Kier molecular flexibility index (Phi) is 8.97. The van der Waals surface area contributed by atoms with E-state index in [0.717, 1.165) is 0 Å². The fourth-order valence-corrected chi connectivity index (χ4v) is 1.53. The molecule has 3 atom stereocenters. The van der Waals surface area contributed by atoms with Gasteiger partial charge in [0.15, 0.2) is 0 Å². The van der Waals surface area contributed by atoms with Crippen LogP contribution in [-0.2, 0) is 24.0 Å². The van der Waals surface area contributed by atoms with Crippen LogP contribution in [0.1, 0.15) is 13.3 Å². The van der Waals surface area contributed by atoms with Gasteiger partial charge in [0.2, 0.25) is 23.6 Å². The molecule has 0 spiro atoms. The highest BCUT2D eigenvalue weighted by Crippen LogP contribution is 1.96. The van der Waals surface area contributed by atoms with Crippen LogP contribution in [0.15, 0.2) is 0 Å². The third-order valence-corrected chi connectivity index (χ3v) is 2.79. The van der Waals surface area contributed by atoms with Gasteiger partial charge < -0.3 is 37.6 Å². The van der Waals surface area contributed by atoms with Crippen LogP contribution < -0.4 is 27.4 Å². The first-order valence-corrected chi connectivity index (χ1v) is 6.84. The van der Waals surface area contributed by atoms with Crippen molar-refractivity contribution in [3.05, 3.63) is 0 Å². The summed E-state index contributed by atoms with van der Waals surface area (Å²) in [7, 11) is 0. The molecule has 0 rings (SSSR count). The zero-order chi connectivity index (χ0) is 18.9. The summed E-state index contributed by atoms with van der Waals surface area (Å²) in [6, 6.07) is -4.14. The molecule has 0 saturated carbocycles. The van der Waals surface area contributed by atoms with Gasteiger partial charge in [-0.25, -0.2) is 4.79 Å². The molecule has 0 heterocycles. The zero-order valence-electron chi connectivity index (χ0n) is 12.9. The average molecular weight is 347 g/mol. The normalized spacial score (nSPS) is 14.0. The summed E-state index contributed by atoms with van der Waals surface area (Å²) in [5, 5.41) is 24.0. The highest BCUT2D eigenvalue weighted by molar-refractivity contribution is 5.95. The van der Waals surface area contributed by atoms with Gasteiger partial charge in [-0.3, -0.25) is 19.2 Å². The molecular formula is C12H21N5O7. The number of aliphatic carboxylic acids is 1. The molecule has 12 nitrogen and oxygen atoms in total. The average Bonchev–Trinajstić information content (AvgIpc) is 2.50. The predicted molar refractivity (Wildman–Crippen MR) is 79.1 cm³/mol. The highest BCUT2D eigenvalue weighted by atomic mass is 16.4. The van der Waals surface area contributed by atoms with Crippen molar-refractivity contribution >= 4 is 29.6 Å². The van der Waals surface area contributed by atoms with Crippen LogP contribution >= 0.6 is 0 Å². The number of aliphatic hydroxyl groups is 1. The molecule has 0 aromatic heterocycles. The number of nitrogens with one attached hydrogen (secondary N) is 3. The van der Waals surface area contributed by atoms with Gasteiger partial charge in [0.05, 0.1) is 19.6 Å². The van der Waals surface area contributed by atoms with Crippen molar-refractivity contribution in [3.63, 3.8) is 0 Å². The van der Waals surface area contributed by atoms with Gasteiger partial charge >= 0.3 is 5.97 Å². The molecule has 0 aromatic carbocycles. The minimum Gasteiger partial charge on any atom is -0.480 e. The lowest BCUT2D eigenvalue weighted by Crippen LogP contribution is -2.56. The Morgan fingerprint density at radius 1 is 1.00 bits per heavy atom. The molecule has 136 valence electrons. The topological polar surface area (TPSA) is 214 Å². The summed E-state index contributed by atoms with van der Waals surface area (Å²) in [6.45, 7) is 0.0801. The van der Waals surface area contributed by atoms with Crippen molar-refractivity contribution in [1.29, 1.82) is 0 Å². The largest absolute Gasteiger partial charge is 0.480 e. The van der Waals surface area contributed by atoms with Gasteiger partial charge in [-0.15, -0.1) is 0 Å². The smallest absolute Gasteiger partial charge is 0.328 e. The van der Waals surface area contributed by atoms with Crippen LogP contribution in [0, 0.1) is 0 Å². The maximum atomic E-state index is 12.0. The van der Waals surface area contributed by atoms with Crippen LogP contribution in [0.4, 0.5) is 0 Å². The first kappa shape index (κ1) is 21.3. The zero-order valence-corrected chi connectivity index (χ0v) is 12.9. The fraction of sp³-hybridized carbons (Fsp3) is 0.583. The molecular weight excluding hydrogens is 326 g/mol. The molecule has 0 radical (unpaired) electrons. The predicted octanol–water partition coefficient (Wildman–Crippen LogP) is -4.63. The molecule has 12 heteroatoms. The van der Waals surface area contributed by atoms with E-state index >= 15 is 0 Å². The van der Waals surface area contributed by atoms with E-state index in [2.05, 4.69) is 10.6 Å². The SMILES string of the molecule is CC(NC(=O)CN)C(=O)NC(CC(N)=O)C(=O)NC(CO)C(=O)O. The van der Waals surface area contributed by atoms with Crippen LogP contribution in [0.2, 0.25) is 0 Å². The van der Waals surface area contributed by atoms with Crippen LogP contribution in [0.25, 0.3) is 0 Å². The Morgan fingerprint density at radius 2 is 1.54 bits per heavy atom. The van der Waals surface area contributed by atoms with Crippen LogP contribution in [0.5, 0.6) is 0 Å². The fourth-order valence-electron chi connectivity index (χ4n) is 1.53. The Labute approximate surface area is 136 Å². The summed E-state index contributed by atoms with van der Waals surface area (Å²) in [6.07, 6.45) is -0.604. The number of carbonyl (C=O) groups excluding carboxylic acids is 4. The lowest BCUT2D eigenvalue weighted by molar-refractivity contribution is -0.143. The number of carboxylic acid groups (broad SMARTS) is 1.